The average molecular weight is 354 g/mol. The molecular formula is C20H26N4O2. The van der Waals surface area contributed by atoms with Crippen LogP contribution in [0, 0.1) is 0 Å². The van der Waals surface area contributed by atoms with Gasteiger partial charge in [-0.25, -0.2) is 0 Å². The second-order valence-corrected chi connectivity index (χ2v) is 6.30. The lowest BCUT2D eigenvalue weighted by atomic mass is 10.1. The summed E-state index contributed by atoms with van der Waals surface area (Å²) in [7, 11) is 0. The highest BCUT2D eigenvalue weighted by molar-refractivity contribution is 5.93. The third-order valence-electron chi connectivity index (χ3n) is 4.40. The third-order valence-corrected chi connectivity index (χ3v) is 4.40. The topological polar surface area (TPSA) is 66.5 Å². The number of aromatic nitrogens is 1. The molecule has 2 heterocycles. The predicted octanol–water partition coefficient (Wildman–Crippen LogP) is 1.80. The Morgan fingerprint density at radius 2 is 1.92 bits per heavy atom. The van der Waals surface area contributed by atoms with Crippen LogP contribution in [0.25, 0.3) is 0 Å². The molecule has 0 atom stereocenters. The quantitative estimate of drug-likeness (QED) is 0.757. The Balaban J connectivity index is 1.42. The van der Waals surface area contributed by atoms with Crippen molar-refractivity contribution in [2.45, 2.75) is 6.42 Å². The van der Waals surface area contributed by atoms with Crippen molar-refractivity contribution in [3.8, 4) is 0 Å². The van der Waals surface area contributed by atoms with Crippen molar-refractivity contribution >= 4 is 11.6 Å². The molecule has 0 unspecified atom stereocenters. The lowest BCUT2D eigenvalue weighted by Crippen LogP contribution is -2.39. The lowest BCUT2D eigenvalue weighted by Gasteiger charge is -2.26. The first-order chi connectivity index (χ1) is 12.8. The van der Waals surface area contributed by atoms with Gasteiger partial charge >= 0.3 is 0 Å². The van der Waals surface area contributed by atoms with Crippen LogP contribution in [0.4, 0.5) is 5.69 Å². The first-order valence-electron chi connectivity index (χ1n) is 9.13. The van der Waals surface area contributed by atoms with Crippen LogP contribution in [-0.4, -0.2) is 61.7 Å². The second-order valence-electron chi connectivity index (χ2n) is 6.30. The van der Waals surface area contributed by atoms with E-state index in [0.29, 0.717) is 12.2 Å². The maximum atomic E-state index is 12.3. The summed E-state index contributed by atoms with van der Waals surface area (Å²) in [6.07, 6.45) is 2.48. The van der Waals surface area contributed by atoms with E-state index in [4.69, 9.17) is 4.74 Å². The SMILES string of the molecule is O=C(NCCc1ccccc1)c1cc(NCCN2CCOCC2)ccn1. The zero-order valence-electron chi connectivity index (χ0n) is 15.0. The highest BCUT2D eigenvalue weighted by atomic mass is 16.5. The first kappa shape index (κ1) is 18.4. The molecule has 2 aromatic rings. The van der Waals surface area contributed by atoms with Gasteiger partial charge in [0, 0.05) is 44.6 Å². The van der Waals surface area contributed by atoms with E-state index in [1.165, 1.54) is 5.56 Å². The smallest absolute Gasteiger partial charge is 0.269 e. The Morgan fingerprint density at radius 1 is 1.12 bits per heavy atom. The number of carbonyl (C=O) groups is 1. The van der Waals surface area contributed by atoms with Crippen LogP contribution in [0.5, 0.6) is 0 Å². The maximum Gasteiger partial charge on any atom is 0.269 e. The van der Waals surface area contributed by atoms with Crippen LogP contribution < -0.4 is 10.6 Å². The van der Waals surface area contributed by atoms with Gasteiger partial charge in [-0.15, -0.1) is 0 Å². The monoisotopic (exact) mass is 354 g/mol. The first-order valence-corrected chi connectivity index (χ1v) is 9.13. The van der Waals surface area contributed by atoms with Crippen molar-refractivity contribution in [1.29, 1.82) is 0 Å². The zero-order valence-corrected chi connectivity index (χ0v) is 15.0. The summed E-state index contributed by atoms with van der Waals surface area (Å²) in [5, 5.41) is 6.30. The van der Waals surface area contributed by atoms with Crippen molar-refractivity contribution in [2.75, 3.05) is 51.3 Å². The minimum Gasteiger partial charge on any atom is -0.384 e. The Morgan fingerprint density at radius 3 is 2.73 bits per heavy atom. The number of hydrogen-bond acceptors (Lipinski definition) is 5. The normalized spacial score (nSPS) is 14.8. The van der Waals surface area contributed by atoms with Gasteiger partial charge in [-0.2, -0.15) is 0 Å². The molecule has 0 spiro atoms. The number of rotatable bonds is 8. The number of carbonyl (C=O) groups excluding carboxylic acids is 1. The molecule has 26 heavy (non-hydrogen) atoms. The number of pyridine rings is 1. The van der Waals surface area contributed by atoms with E-state index in [0.717, 1.165) is 51.5 Å². The molecule has 0 bridgehead atoms. The molecule has 1 aliphatic heterocycles. The number of nitrogens with zero attached hydrogens (tertiary/aromatic N) is 2. The number of benzene rings is 1. The Hall–Kier alpha value is -2.44. The fraction of sp³-hybridized carbons (Fsp3) is 0.400. The Kier molecular flexibility index (Phi) is 6.98. The molecule has 3 rings (SSSR count). The molecule has 6 nitrogen and oxygen atoms in total. The summed E-state index contributed by atoms with van der Waals surface area (Å²) in [5.41, 5.74) is 2.56. The fourth-order valence-electron chi connectivity index (χ4n) is 2.90. The number of hydrogen-bond donors (Lipinski definition) is 2. The van der Waals surface area contributed by atoms with Crippen molar-refractivity contribution in [1.82, 2.24) is 15.2 Å². The van der Waals surface area contributed by atoms with Crippen LogP contribution in [0.3, 0.4) is 0 Å². The van der Waals surface area contributed by atoms with Gasteiger partial charge in [-0.05, 0) is 24.1 Å². The van der Waals surface area contributed by atoms with E-state index < -0.39 is 0 Å². The maximum absolute atomic E-state index is 12.3. The van der Waals surface area contributed by atoms with Crippen molar-refractivity contribution in [2.24, 2.45) is 0 Å². The summed E-state index contributed by atoms with van der Waals surface area (Å²) in [5.74, 6) is -0.141. The minimum atomic E-state index is -0.141. The molecule has 1 amide bonds. The molecule has 0 saturated carbocycles. The van der Waals surface area contributed by atoms with Crippen LogP contribution in [0.2, 0.25) is 0 Å². The molecule has 0 radical (unpaired) electrons. The summed E-state index contributed by atoms with van der Waals surface area (Å²) >= 11 is 0. The third kappa shape index (κ3) is 5.82. The van der Waals surface area contributed by atoms with Gasteiger partial charge in [-0.1, -0.05) is 30.3 Å². The molecule has 1 aromatic carbocycles. The number of nitrogens with one attached hydrogen (secondary N) is 2. The van der Waals surface area contributed by atoms with Gasteiger partial charge in [0.1, 0.15) is 5.69 Å². The van der Waals surface area contributed by atoms with Gasteiger partial charge in [-0.3, -0.25) is 14.7 Å². The van der Waals surface area contributed by atoms with Crippen LogP contribution in [0.15, 0.2) is 48.7 Å². The number of morpholine rings is 1. The van der Waals surface area contributed by atoms with Gasteiger partial charge < -0.3 is 15.4 Å². The van der Waals surface area contributed by atoms with Crippen LogP contribution >= 0.6 is 0 Å². The average Bonchev–Trinajstić information content (AvgIpc) is 2.70. The van der Waals surface area contributed by atoms with Crippen LogP contribution in [-0.2, 0) is 11.2 Å². The molecule has 138 valence electrons. The zero-order chi connectivity index (χ0) is 18.0. The predicted molar refractivity (Wildman–Crippen MR) is 102 cm³/mol. The molecule has 0 aliphatic carbocycles. The van der Waals surface area contributed by atoms with Gasteiger partial charge in [0.25, 0.3) is 5.91 Å². The van der Waals surface area contributed by atoms with E-state index in [-0.39, 0.29) is 5.91 Å². The van der Waals surface area contributed by atoms with Gasteiger partial charge in [0.05, 0.1) is 13.2 Å². The number of amides is 1. The highest BCUT2D eigenvalue weighted by Crippen LogP contribution is 2.08. The van der Waals surface area contributed by atoms with Crippen molar-refractivity contribution in [3.63, 3.8) is 0 Å². The molecule has 1 aliphatic rings. The second kappa shape index (κ2) is 9.89. The van der Waals surface area contributed by atoms with E-state index in [1.54, 1.807) is 12.3 Å². The Labute approximate surface area is 154 Å². The molecule has 1 saturated heterocycles. The summed E-state index contributed by atoms with van der Waals surface area (Å²) in [6.45, 7) is 5.97. The summed E-state index contributed by atoms with van der Waals surface area (Å²) < 4.78 is 5.35. The minimum absolute atomic E-state index is 0.141. The molecular weight excluding hydrogens is 328 g/mol. The lowest BCUT2D eigenvalue weighted by molar-refractivity contribution is 0.0398. The number of ether oxygens (including phenoxy) is 1. The molecule has 6 heteroatoms. The molecule has 1 aromatic heterocycles. The van der Waals surface area contributed by atoms with E-state index in [2.05, 4.69) is 32.7 Å². The Bertz CT molecular complexity index is 687. The van der Waals surface area contributed by atoms with Crippen molar-refractivity contribution < 1.29 is 9.53 Å². The standard InChI is InChI=1S/C20H26N4O2/c25-20(23-8-6-17-4-2-1-3-5-17)19-16-18(7-9-22-19)21-10-11-24-12-14-26-15-13-24/h1-5,7,9,16H,6,8,10-15H2,(H,21,22)(H,23,25). The van der Waals surface area contributed by atoms with E-state index >= 15 is 0 Å². The summed E-state index contributed by atoms with van der Waals surface area (Å²) in [4.78, 5) is 18.8. The fourth-order valence-corrected chi connectivity index (χ4v) is 2.90. The van der Waals surface area contributed by atoms with Gasteiger partial charge in [0.15, 0.2) is 0 Å². The van der Waals surface area contributed by atoms with Gasteiger partial charge in [0.2, 0.25) is 0 Å². The van der Waals surface area contributed by atoms with Crippen molar-refractivity contribution in [3.05, 3.63) is 59.9 Å². The highest BCUT2D eigenvalue weighted by Gasteiger charge is 2.10. The largest absolute Gasteiger partial charge is 0.384 e. The molecule has 2 N–H and O–H groups in total. The van der Waals surface area contributed by atoms with E-state index in [9.17, 15) is 4.79 Å². The molecule has 1 fully saturated rings. The summed E-state index contributed by atoms with van der Waals surface area (Å²) in [6, 6.07) is 13.8. The number of anilines is 1. The van der Waals surface area contributed by atoms with Crippen LogP contribution in [0.1, 0.15) is 16.1 Å². The van der Waals surface area contributed by atoms with E-state index in [1.807, 2.05) is 24.3 Å².